The molecular formula is C24H27N5O4. The van der Waals surface area contributed by atoms with Crippen LogP contribution in [0.15, 0.2) is 45.8 Å². The highest BCUT2D eigenvalue weighted by molar-refractivity contribution is 5.95. The number of pyridine rings is 1. The number of aromatic nitrogens is 3. The maximum Gasteiger partial charge on any atom is 0.350 e. The van der Waals surface area contributed by atoms with Crippen LogP contribution in [0, 0.1) is 13.8 Å². The first-order valence-electron chi connectivity index (χ1n) is 11.2. The molecular weight excluding hydrogens is 422 g/mol. The summed E-state index contributed by atoms with van der Waals surface area (Å²) in [4.78, 5) is 28.1. The van der Waals surface area contributed by atoms with Crippen LogP contribution in [0.1, 0.15) is 27.2 Å². The van der Waals surface area contributed by atoms with Crippen LogP contribution in [0.4, 0.5) is 0 Å². The van der Waals surface area contributed by atoms with Crippen molar-refractivity contribution in [3.63, 3.8) is 0 Å². The van der Waals surface area contributed by atoms with Gasteiger partial charge < -0.3 is 14.5 Å². The van der Waals surface area contributed by atoms with Gasteiger partial charge in [-0.2, -0.15) is 0 Å². The zero-order valence-corrected chi connectivity index (χ0v) is 18.8. The topological polar surface area (TPSA) is 94.0 Å². The van der Waals surface area contributed by atoms with Crippen LogP contribution in [0.5, 0.6) is 0 Å². The Labute approximate surface area is 190 Å². The monoisotopic (exact) mass is 449 g/mol. The molecule has 5 rings (SSSR count). The van der Waals surface area contributed by atoms with Gasteiger partial charge in [0.1, 0.15) is 5.76 Å². The van der Waals surface area contributed by atoms with Crippen molar-refractivity contribution in [2.24, 2.45) is 0 Å². The quantitative estimate of drug-likeness (QED) is 0.485. The van der Waals surface area contributed by atoms with Crippen LogP contribution < -0.4 is 11.0 Å². The molecule has 1 aromatic carbocycles. The van der Waals surface area contributed by atoms with Gasteiger partial charge in [0.15, 0.2) is 5.65 Å². The highest BCUT2D eigenvalue weighted by atomic mass is 16.5. The number of rotatable bonds is 6. The number of ether oxygens (including phenoxy) is 1. The van der Waals surface area contributed by atoms with E-state index in [1.54, 1.807) is 10.5 Å². The minimum absolute atomic E-state index is 0.213. The van der Waals surface area contributed by atoms with Gasteiger partial charge in [0.25, 0.3) is 5.91 Å². The van der Waals surface area contributed by atoms with Crippen molar-refractivity contribution in [1.82, 2.24) is 24.4 Å². The third-order valence-corrected chi connectivity index (χ3v) is 6.06. The van der Waals surface area contributed by atoms with E-state index in [-0.39, 0.29) is 24.7 Å². The van der Waals surface area contributed by atoms with Crippen molar-refractivity contribution >= 4 is 22.5 Å². The van der Waals surface area contributed by atoms with E-state index in [2.05, 4.69) is 15.3 Å². The fraction of sp³-hybridized carbons (Fsp3) is 0.375. The van der Waals surface area contributed by atoms with Crippen LogP contribution in [0.2, 0.25) is 0 Å². The second-order valence-electron chi connectivity index (χ2n) is 8.46. The number of fused-ring (bicyclic) bond motifs is 3. The summed E-state index contributed by atoms with van der Waals surface area (Å²) in [7, 11) is 0. The second-order valence-corrected chi connectivity index (χ2v) is 8.46. The molecule has 0 saturated carbocycles. The fourth-order valence-corrected chi connectivity index (χ4v) is 4.29. The maximum absolute atomic E-state index is 13.1. The van der Waals surface area contributed by atoms with Gasteiger partial charge in [0, 0.05) is 19.6 Å². The van der Waals surface area contributed by atoms with E-state index in [1.807, 2.05) is 38.1 Å². The summed E-state index contributed by atoms with van der Waals surface area (Å²) in [5, 5.41) is 8.41. The Balaban J connectivity index is 1.31. The molecule has 3 aromatic heterocycles. The molecule has 1 saturated heterocycles. The number of carbonyl (C=O) groups is 1. The molecule has 172 valence electrons. The SMILES string of the molecule is Cc1ccc2cc(C)c3nn(CCNC(=O)c4ccoc4CN4CCOCC4)c(=O)n3c2c1. The van der Waals surface area contributed by atoms with Crippen LogP contribution in [0.3, 0.4) is 0 Å². The molecule has 1 aliphatic rings. The fourth-order valence-electron chi connectivity index (χ4n) is 4.29. The van der Waals surface area contributed by atoms with Gasteiger partial charge >= 0.3 is 5.69 Å². The zero-order chi connectivity index (χ0) is 22.9. The summed E-state index contributed by atoms with van der Waals surface area (Å²) in [6, 6.07) is 9.76. The standard InChI is InChI=1S/C24H27N5O4/c1-16-3-4-18-14-17(2)22-26-28(24(31)29(22)20(18)13-16)7-6-25-23(30)19-5-10-33-21(19)15-27-8-11-32-12-9-27/h3-5,10,13-14H,6-9,11-12,15H2,1-2H3,(H,25,30). The predicted molar refractivity (Wildman–Crippen MR) is 124 cm³/mol. The van der Waals surface area contributed by atoms with E-state index >= 15 is 0 Å². The molecule has 0 bridgehead atoms. The summed E-state index contributed by atoms with van der Waals surface area (Å²) in [5.41, 5.74) is 3.77. The third-order valence-electron chi connectivity index (χ3n) is 6.06. The summed E-state index contributed by atoms with van der Waals surface area (Å²) in [5.74, 6) is 0.415. The molecule has 33 heavy (non-hydrogen) atoms. The molecule has 0 atom stereocenters. The Morgan fingerprint density at radius 3 is 2.79 bits per heavy atom. The number of hydrogen-bond acceptors (Lipinski definition) is 6. The lowest BCUT2D eigenvalue weighted by Gasteiger charge is -2.25. The molecule has 9 heteroatoms. The highest BCUT2D eigenvalue weighted by Crippen LogP contribution is 2.20. The number of amides is 1. The van der Waals surface area contributed by atoms with Gasteiger partial charge in [-0.25, -0.2) is 13.9 Å². The minimum atomic E-state index is -0.221. The lowest BCUT2D eigenvalue weighted by Crippen LogP contribution is -2.36. The molecule has 4 aromatic rings. The van der Waals surface area contributed by atoms with Crippen molar-refractivity contribution in [2.45, 2.75) is 26.9 Å². The smallest absolute Gasteiger partial charge is 0.350 e. The Kier molecular flexibility index (Phi) is 5.74. The van der Waals surface area contributed by atoms with Gasteiger partial charge in [-0.05, 0) is 48.6 Å². The lowest BCUT2D eigenvalue weighted by atomic mass is 10.1. The Bertz CT molecular complexity index is 1380. The van der Waals surface area contributed by atoms with Gasteiger partial charge in [-0.3, -0.25) is 9.69 Å². The van der Waals surface area contributed by atoms with Crippen molar-refractivity contribution < 1.29 is 13.9 Å². The number of carbonyl (C=O) groups excluding carboxylic acids is 1. The van der Waals surface area contributed by atoms with E-state index in [0.29, 0.717) is 36.7 Å². The Morgan fingerprint density at radius 1 is 1.15 bits per heavy atom. The Morgan fingerprint density at radius 2 is 1.97 bits per heavy atom. The number of morpholine rings is 1. The van der Waals surface area contributed by atoms with E-state index < -0.39 is 0 Å². The summed E-state index contributed by atoms with van der Waals surface area (Å²) in [6.07, 6.45) is 1.53. The predicted octanol–water partition coefficient (Wildman–Crippen LogP) is 2.12. The van der Waals surface area contributed by atoms with Crippen LogP contribution in [-0.4, -0.2) is 57.8 Å². The minimum Gasteiger partial charge on any atom is -0.467 e. The van der Waals surface area contributed by atoms with E-state index in [4.69, 9.17) is 9.15 Å². The average molecular weight is 450 g/mol. The number of nitrogens with one attached hydrogen (secondary N) is 1. The van der Waals surface area contributed by atoms with E-state index in [1.165, 1.54) is 10.9 Å². The summed E-state index contributed by atoms with van der Waals surface area (Å²) in [6.45, 7) is 8.06. The van der Waals surface area contributed by atoms with Crippen molar-refractivity contribution in [2.75, 3.05) is 32.8 Å². The summed E-state index contributed by atoms with van der Waals surface area (Å²) >= 11 is 0. The summed E-state index contributed by atoms with van der Waals surface area (Å²) < 4.78 is 14.0. The third kappa shape index (κ3) is 4.17. The molecule has 0 aliphatic carbocycles. The number of hydrogen-bond donors (Lipinski definition) is 1. The number of aryl methyl sites for hydroxylation is 2. The Hall–Kier alpha value is -3.43. The average Bonchev–Trinajstić information content (AvgIpc) is 3.40. The number of nitrogens with zero attached hydrogens (tertiary/aromatic N) is 4. The van der Waals surface area contributed by atoms with Crippen molar-refractivity contribution in [1.29, 1.82) is 0 Å². The maximum atomic E-state index is 13.1. The van der Waals surface area contributed by atoms with Crippen LogP contribution in [0.25, 0.3) is 16.6 Å². The van der Waals surface area contributed by atoms with Crippen LogP contribution in [-0.2, 0) is 17.8 Å². The first-order valence-corrected chi connectivity index (χ1v) is 11.2. The molecule has 0 radical (unpaired) electrons. The van der Waals surface area contributed by atoms with Gasteiger partial charge in [0.05, 0.1) is 43.6 Å². The first-order chi connectivity index (χ1) is 16.0. The highest BCUT2D eigenvalue weighted by Gasteiger charge is 2.19. The zero-order valence-electron chi connectivity index (χ0n) is 18.8. The molecule has 1 N–H and O–H groups in total. The van der Waals surface area contributed by atoms with E-state index in [9.17, 15) is 9.59 Å². The number of benzene rings is 1. The molecule has 1 aliphatic heterocycles. The van der Waals surface area contributed by atoms with Crippen LogP contribution >= 0.6 is 0 Å². The molecule has 1 amide bonds. The van der Waals surface area contributed by atoms with Gasteiger partial charge in [0.2, 0.25) is 0 Å². The van der Waals surface area contributed by atoms with Gasteiger partial charge in [-0.1, -0.05) is 12.1 Å². The molecule has 9 nitrogen and oxygen atoms in total. The van der Waals surface area contributed by atoms with E-state index in [0.717, 1.165) is 35.1 Å². The van der Waals surface area contributed by atoms with Crippen molar-refractivity contribution in [3.05, 3.63) is 69.5 Å². The first kappa shape index (κ1) is 21.4. The molecule has 1 fully saturated rings. The van der Waals surface area contributed by atoms with Gasteiger partial charge in [-0.15, -0.1) is 5.10 Å². The second kappa shape index (κ2) is 8.84. The molecule has 0 spiro atoms. The lowest BCUT2D eigenvalue weighted by molar-refractivity contribution is 0.0312. The normalized spacial score (nSPS) is 14.8. The molecule has 4 heterocycles. The number of furan rings is 1. The largest absolute Gasteiger partial charge is 0.467 e. The van der Waals surface area contributed by atoms with Crippen molar-refractivity contribution in [3.8, 4) is 0 Å². The molecule has 0 unspecified atom stereocenters.